The number of fused-ring (bicyclic) bond motifs is 1. The number of hydrogen-bond acceptors (Lipinski definition) is 3. The molecular formula is C14H18N2OS2. The lowest BCUT2D eigenvalue weighted by molar-refractivity contribution is -0.131. The SMILES string of the molecule is NC(=S)C1(C(=O)NC2CCCc3sccc32)CCC1. The summed E-state index contributed by atoms with van der Waals surface area (Å²) in [5, 5.41) is 5.30. The van der Waals surface area contributed by atoms with Crippen molar-refractivity contribution in [1.82, 2.24) is 5.32 Å². The normalized spacial score (nSPS) is 24.1. The fourth-order valence-electron chi connectivity index (χ4n) is 3.05. The lowest BCUT2D eigenvalue weighted by Crippen LogP contribution is -2.53. The van der Waals surface area contributed by atoms with Gasteiger partial charge in [0.25, 0.3) is 0 Å². The second-order valence-electron chi connectivity index (χ2n) is 5.52. The van der Waals surface area contributed by atoms with Crippen molar-refractivity contribution < 1.29 is 4.79 Å². The molecule has 3 rings (SSSR count). The minimum atomic E-state index is -0.567. The van der Waals surface area contributed by atoms with Crippen LogP contribution in [0.2, 0.25) is 0 Å². The predicted octanol–water partition coefficient (Wildman–Crippen LogP) is 2.70. The van der Waals surface area contributed by atoms with E-state index in [9.17, 15) is 4.79 Å². The molecule has 1 unspecified atom stereocenters. The molecule has 1 aromatic heterocycles. The number of nitrogens with two attached hydrogens (primary N) is 1. The first kappa shape index (κ1) is 13.1. The van der Waals surface area contributed by atoms with Crippen LogP contribution in [0, 0.1) is 5.41 Å². The zero-order valence-electron chi connectivity index (χ0n) is 10.8. The fraction of sp³-hybridized carbons (Fsp3) is 0.571. The molecule has 0 aliphatic heterocycles. The van der Waals surface area contributed by atoms with Gasteiger partial charge in [0.2, 0.25) is 5.91 Å². The van der Waals surface area contributed by atoms with E-state index in [1.54, 1.807) is 11.3 Å². The maximum atomic E-state index is 12.5. The lowest BCUT2D eigenvalue weighted by atomic mass is 9.67. The molecule has 3 nitrogen and oxygen atoms in total. The summed E-state index contributed by atoms with van der Waals surface area (Å²) in [6.45, 7) is 0. The van der Waals surface area contributed by atoms with Crippen molar-refractivity contribution in [3.63, 3.8) is 0 Å². The van der Waals surface area contributed by atoms with Gasteiger partial charge in [0, 0.05) is 4.88 Å². The van der Waals surface area contributed by atoms with Gasteiger partial charge in [-0.15, -0.1) is 11.3 Å². The van der Waals surface area contributed by atoms with Crippen LogP contribution in [-0.4, -0.2) is 10.9 Å². The summed E-state index contributed by atoms with van der Waals surface area (Å²) >= 11 is 6.89. The second kappa shape index (κ2) is 4.87. The van der Waals surface area contributed by atoms with Gasteiger partial charge in [-0.3, -0.25) is 4.79 Å². The Morgan fingerprint density at radius 2 is 2.26 bits per heavy atom. The Labute approximate surface area is 122 Å². The maximum Gasteiger partial charge on any atom is 0.233 e. The molecule has 102 valence electrons. The Bertz CT molecular complexity index is 519. The van der Waals surface area contributed by atoms with Crippen LogP contribution in [-0.2, 0) is 11.2 Å². The maximum absolute atomic E-state index is 12.5. The topological polar surface area (TPSA) is 55.1 Å². The molecule has 0 bridgehead atoms. The summed E-state index contributed by atoms with van der Waals surface area (Å²) in [5.74, 6) is 0.0373. The Kier molecular flexibility index (Phi) is 3.35. The largest absolute Gasteiger partial charge is 0.392 e. The van der Waals surface area contributed by atoms with E-state index in [4.69, 9.17) is 18.0 Å². The van der Waals surface area contributed by atoms with Gasteiger partial charge in [0.15, 0.2) is 0 Å². The number of thiocarbonyl (C=S) groups is 1. The predicted molar refractivity (Wildman–Crippen MR) is 81.2 cm³/mol. The Morgan fingerprint density at radius 1 is 1.47 bits per heavy atom. The van der Waals surface area contributed by atoms with Gasteiger partial charge < -0.3 is 11.1 Å². The summed E-state index contributed by atoms with van der Waals surface area (Å²) in [7, 11) is 0. The Morgan fingerprint density at radius 3 is 2.89 bits per heavy atom. The van der Waals surface area contributed by atoms with Crippen LogP contribution < -0.4 is 11.1 Å². The first-order valence-electron chi connectivity index (χ1n) is 6.81. The molecule has 3 N–H and O–H groups in total. The molecule has 1 atom stereocenters. The van der Waals surface area contributed by atoms with E-state index in [0.717, 1.165) is 38.5 Å². The highest BCUT2D eigenvalue weighted by atomic mass is 32.1. The van der Waals surface area contributed by atoms with Gasteiger partial charge in [-0.1, -0.05) is 18.6 Å². The molecule has 2 aliphatic carbocycles. The van der Waals surface area contributed by atoms with Crippen molar-refractivity contribution in [2.75, 3.05) is 0 Å². The van der Waals surface area contributed by atoms with Gasteiger partial charge in [-0.2, -0.15) is 0 Å². The van der Waals surface area contributed by atoms with Gasteiger partial charge in [0.1, 0.15) is 0 Å². The first-order chi connectivity index (χ1) is 9.13. The third-order valence-electron chi connectivity index (χ3n) is 4.47. The summed E-state index contributed by atoms with van der Waals surface area (Å²) in [6, 6.07) is 2.28. The number of hydrogen-bond donors (Lipinski definition) is 2. The molecule has 0 spiro atoms. The van der Waals surface area contributed by atoms with E-state index in [1.807, 2.05) is 0 Å². The van der Waals surface area contributed by atoms with E-state index in [0.29, 0.717) is 4.99 Å². The quantitative estimate of drug-likeness (QED) is 0.843. The summed E-state index contributed by atoms with van der Waals surface area (Å²) in [4.78, 5) is 14.3. The van der Waals surface area contributed by atoms with Crippen LogP contribution in [0.1, 0.15) is 48.6 Å². The number of aryl methyl sites for hydroxylation is 1. The van der Waals surface area contributed by atoms with E-state index < -0.39 is 5.41 Å². The smallest absolute Gasteiger partial charge is 0.233 e. The van der Waals surface area contributed by atoms with Crippen molar-refractivity contribution in [3.05, 3.63) is 21.9 Å². The molecule has 1 amide bonds. The molecule has 1 heterocycles. The molecule has 0 radical (unpaired) electrons. The van der Waals surface area contributed by atoms with Crippen LogP contribution in [0.3, 0.4) is 0 Å². The highest BCUT2D eigenvalue weighted by Gasteiger charge is 2.47. The van der Waals surface area contributed by atoms with Crippen molar-refractivity contribution in [1.29, 1.82) is 0 Å². The van der Waals surface area contributed by atoms with E-state index >= 15 is 0 Å². The minimum absolute atomic E-state index is 0.0373. The zero-order chi connectivity index (χ0) is 13.5. The van der Waals surface area contributed by atoms with Crippen molar-refractivity contribution in [3.8, 4) is 0 Å². The average Bonchev–Trinajstić information content (AvgIpc) is 2.75. The molecule has 19 heavy (non-hydrogen) atoms. The van der Waals surface area contributed by atoms with Crippen LogP contribution in [0.5, 0.6) is 0 Å². The minimum Gasteiger partial charge on any atom is -0.392 e. The van der Waals surface area contributed by atoms with E-state index in [-0.39, 0.29) is 11.9 Å². The van der Waals surface area contributed by atoms with Crippen LogP contribution >= 0.6 is 23.6 Å². The highest BCUT2D eigenvalue weighted by molar-refractivity contribution is 7.80. The Balaban J connectivity index is 1.76. The number of carbonyl (C=O) groups excluding carboxylic acids is 1. The highest BCUT2D eigenvalue weighted by Crippen LogP contribution is 2.42. The second-order valence-corrected chi connectivity index (χ2v) is 6.96. The number of amides is 1. The number of nitrogens with one attached hydrogen (secondary N) is 1. The summed E-state index contributed by atoms with van der Waals surface area (Å²) < 4.78 is 0. The van der Waals surface area contributed by atoms with Gasteiger partial charge in [-0.05, 0) is 49.1 Å². The number of carbonyl (C=O) groups is 1. The first-order valence-corrected chi connectivity index (χ1v) is 8.09. The summed E-state index contributed by atoms with van der Waals surface area (Å²) in [6.07, 6.45) is 5.94. The van der Waals surface area contributed by atoms with Crippen molar-refractivity contribution >= 4 is 34.5 Å². The van der Waals surface area contributed by atoms with Gasteiger partial charge >= 0.3 is 0 Å². The van der Waals surface area contributed by atoms with Crippen LogP contribution in [0.15, 0.2) is 11.4 Å². The van der Waals surface area contributed by atoms with E-state index in [1.165, 1.54) is 10.4 Å². The fourth-order valence-corrected chi connectivity index (χ4v) is 4.33. The van der Waals surface area contributed by atoms with Gasteiger partial charge in [0.05, 0.1) is 16.4 Å². The van der Waals surface area contributed by atoms with Crippen molar-refractivity contribution in [2.45, 2.75) is 44.6 Å². The molecule has 1 aromatic rings. The molecule has 0 saturated heterocycles. The third-order valence-corrected chi connectivity index (χ3v) is 5.86. The standard InChI is InChI=1S/C14H18N2OS2/c15-12(18)14(6-2-7-14)13(17)16-10-3-1-4-11-9(10)5-8-19-11/h5,8,10H,1-4,6-7H2,(H2,15,18)(H,16,17). The number of rotatable bonds is 3. The van der Waals surface area contributed by atoms with E-state index in [2.05, 4.69) is 16.8 Å². The van der Waals surface area contributed by atoms with Crippen molar-refractivity contribution in [2.24, 2.45) is 11.1 Å². The average molecular weight is 294 g/mol. The molecule has 1 fully saturated rings. The monoisotopic (exact) mass is 294 g/mol. The Hall–Kier alpha value is -0.940. The molecule has 5 heteroatoms. The van der Waals surface area contributed by atoms with Crippen LogP contribution in [0.25, 0.3) is 0 Å². The zero-order valence-corrected chi connectivity index (χ0v) is 12.4. The molecule has 2 aliphatic rings. The lowest BCUT2D eigenvalue weighted by Gasteiger charge is -2.40. The van der Waals surface area contributed by atoms with Gasteiger partial charge in [-0.25, -0.2) is 0 Å². The number of thiophene rings is 1. The third kappa shape index (κ3) is 2.09. The molecule has 0 aromatic carbocycles. The van der Waals surface area contributed by atoms with Crippen LogP contribution in [0.4, 0.5) is 0 Å². The molecule has 1 saturated carbocycles. The molecular weight excluding hydrogens is 276 g/mol. The summed E-state index contributed by atoms with van der Waals surface area (Å²) in [5.41, 5.74) is 6.51.